The average molecular weight is 402 g/mol. The zero-order valence-electron chi connectivity index (χ0n) is 16.9. The molecule has 4 saturated carbocycles. The van der Waals surface area contributed by atoms with E-state index in [1.54, 1.807) is 0 Å². The Hall–Kier alpha value is -1.26. The average Bonchev–Trinajstić information content (AvgIpc) is 2.66. The minimum absolute atomic E-state index is 0.0543. The van der Waals surface area contributed by atoms with Crippen molar-refractivity contribution in [2.45, 2.75) is 57.0 Å². The van der Waals surface area contributed by atoms with Gasteiger partial charge in [-0.05, 0) is 75.3 Å². The molecule has 0 aromatic heterocycles. The van der Waals surface area contributed by atoms with E-state index in [1.165, 1.54) is 38.5 Å². The summed E-state index contributed by atoms with van der Waals surface area (Å²) in [5, 5.41) is 4.37. The first-order valence-electron chi connectivity index (χ1n) is 11.1. The monoisotopic (exact) mass is 401 g/mol. The van der Waals surface area contributed by atoms with E-state index in [2.05, 4.69) is 28.1 Å². The summed E-state index contributed by atoms with van der Waals surface area (Å²) in [6, 6.07) is 7.99. The fourth-order valence-corrected chi connectivity index (χ4v) is 7.11. The maximum atomic E-state index is 13.1. The van der Waals surface area contributed by atoms with E-state index in [0.717, 1.165) is 54.6 Å². The Morgan fingerprint density at radius 2 is 1.61 bits per heavy atom. The van der Waals surface area contributed by atoms with Crippen LogP contribution in [0.25, 0.3) is 0 Å². The molecule has 4 nitrogen and oxygen atoms in total. The van der Waals surface area contributed by atoms with Crippen LogP contribution >= 0.6 is 11.6 Å². The number of rotatable bonds is 4. The fraction of sp³-hybridized carbons (Fsp3) is 0.696. The Bertz CT molecular complexity index is 708. The van der Waals surface area contributed by atoms with Crippen LogP contribution in [0, 0.1) is 17.8 Å². The van der Waals surface area contributed by atoms with E-state index in [0.29, 0.717) is 0 Å². The predicted molar refractivity (Wildman–Crippen MR) is 114 cm³/mol. The highest BCUT2D eigenvalue weighted by molar-refractivity contribution is 6.33. The van der Waals surface area contributed by atoms with Crippen LogP contribution in [0.1, 0.15) is 45.4 Å². The lowest BCUT2D eigenvalue weighted by molar-refractivity contribution is -0.131. The third kappa shape index (κ3) is 3.43. The van der Waals surface area contributed by atoms with Crippen molar-refractivity contribution in [3.8, 4) is 0 Å². The number of benzene rings is 1. The number of piperazine rings is 1. The van der Waals surface area contributed by atoms with Gasteiger partial charge in [-0.25, -0.2) is 0 Å². The molecule has 1 aliphatic heterocycles. The van der Waals surface area contributed by atoms with Gasteiger partial charge in [-0.15, -0.1) is 0 Å². The molecular weight excluding hydrogens is 370 g/mol. The molecule has 0 radical (unpaired) electrons. The van der Waals surface area contributed by atoms with Gasteiger partial charge in [0.1, 0.15) is 0 Å². The number of carbonyl (C=O) groups excluding carboxylic acids is 1. The number of para-hydroxylation sites is 1. The van der Waals surface area contributed by atoms with Crippen molar-refractivity contribution in [2.75, 3.05) is 31.1 Å². The highest BCUT2D eigenvalue weighted by Gasteiger charge is 2.51. The van der Waals surface area contributed by atoms with Crippen molar-refractivity contribution >= 4 is 23.2 Å². The Morgan fingerprint density at radius 1 is 1.04 bits per heavy atom. The number of hydrogen-bond donors (Lipinski definition) is 1. The van der Waals surface area contributed by atoms with E-state index >= 15 is 0 Å². The van der Waals surface area contributed by atoms with E-state index < -0.39 is 0 Å². The fourth-order valence-electron chi connectivity index (χ4n) is 6.85. The van der Waals surface area contributed by atoms with Crippen LogP contribution in [0.4, 0.5) is 5.69 Å². The normalized spacial score (nSPS) is 35.8. The molecule has 6 rings (SSSR count). The molecule has 152 valence electrons. The van der Waals surface area contributed by atoms with Gasteiger partial charge in [-0.1, -0.05) is 23.7 Å². The first-order valence-corrected chi connectivity index (χ1v) is 11.4. The first kappa shape index (κ1) is 18.7. The minimum atomic E-state index is -0.0543. The second-order valence-electron chi connectivity index (χ2n) is 9.84. The number of amides is 1. The predicted octanol–water partition coefficient (Wildman–Crippen LogP) is 3.94. The lowest BCUT2D eigenvalue weighted by atomic mass is 9.53. The number of halogens is 1. The summed E-state index contributed by atoms with van der Waals surface area (Å²) in [6.45, 7) is 5.72. The lowest BCUT2D eigenvalue weighted by Gasteiger charge is -2.57. The molecule has 1 atom stereocenters. The molecule has 1 aromatic carbocycles. The van der Waals surface area contributed by atoms with Crippen molar-refractivity contribution < 1.29 is 4.79 Å². The minimum Gasteiger partial charge on any atom is -0.368 e. The van der Waals surface area contributed by atoms with E-state index in [1.807, 2.05) is 18.2 Å². The largest absolute Gasteiger partial charge is 0.368 e. The molecular formula is C23H32ClN3O. The molecule has 4 aliphatic carbocycles. The molecule has 0 spiro atoms. The standard InChI is InChI=1S/C23H32ClN3O/c1-16(26-6-8-27(9-7-26)21-5-3-2-4-20(21)24)22(28)25-23-13-17-10-18(14-23)12-19(11-17)15-23/h2-5,16-19H,6-15H2,1H3,(H,25,28). The van der Waals surface area contributed by atoms with E-state index in [4.69, 9.17) is 11.6 Å². The smallest absolute Gasteiger partial charge is 0.237 e. The van der Waals surface area contributed by atoms with Crippen LogP contribution in [-0.2, 0) is 4.79 Å². The van der Waals surface area contributed by atoms with Gasteiger partial charge in [0, 0.05) is 31.7 Å². The van der Waals surface area contributed by atoms with Gasteiger partial charge in [0.15, 0.2) is 0 Å². The Morgan fingerprint density at radius 3 is 2.18 bits per heavy atom. The number of hydrogen-bond acceptors (Lipinski definition) is 3. The summed E-state index contributed by atoms with van der Waals surface area (Å²) < 4.78 is 0. The van der Waals surface area contributed by atoms with Gasteiger partial charge in [0.25, 0.3) is 0 Å². The molecule has 5 aliphatic rings. The maximum absolute atomic E-state index is 13.1. The highest BCUT2D eigenvalue weighted by atomic mass is 35.5. The summed E-state index contributed by atoms with van der Waals surface area (Å²) in [6.07, 6.45) is 7.89. The van der Waals surface area contributed by atoms with Crippen LogP contribution < -0.4 is 10.2 Å². The molecule has 1 saturated heterocycles. The van der Waals surface area contributed by atoms with Gasteiger partial charge in [0.05, 0.1) is 16.8 Å². The molecule has 4 bridgehead atoms. The molecule has 28 heavy (non-hydrogen) atoms. The second-order valence-corrected chi connectivity index (χ2v) is 10.2. The number of nitrogens with zero attached hydrogens (tertiary/aromatic N) is 2. The topological polar surface area (TPSA) is 35.6 Å². The zero-order chi connectivity index (χ0) is 19.3. The third-order valence-corrected chi connectivity index (χ3v) is 8.18. The molecule has 1 N–H and O–H groups in total. The second kappa shape index (κ2) is 7.21. The van der Waals surface area contributed by atoms with Crippen molar-refractivity contribution in [1.29, 1.82) is 0 Å². The van der Waals surface area contributed by atoms with Gasteiger partial charge in [0.2, 0.25) is 5.91 Å². The van der Waals surface area contributed by atoms with Crippen molar-refractivity contribution in [1.82, 2.24) is 10.2 Å². The SMILES string of the molecule is CC(C(=O)NC12CC3CC(CC(C3)C1)C2)N1CCN(c2ccccc2Cl)CC1. The zero-order valence-corrected chi connectivity index (χ0v) is 17.6. The summed E-state index contributed by atoms with van der Waals surface area (Å²) in [5.41, 5.74) is 1.22. The molecule has 1 amide bonds. The van der Waals surface area contributed by atoms with Crippen LogP contribution in [-0.4, -0.2) is 48.6 Å². The van der Waals surface area contributed by atoms with Crippen molar-refractivity contribution in [3.05, 3.63) is 29.3 Å². The highest BCUT2D eigenvalue weighted by Crippen LogP contribution is 2.55. The summed E-state index contributed by atoms with van der Waals surface area (Å²) in [7, 11) is 0. The third-order valence-electron chi connectivity index (χ3n) is 7.86. The van der Waals surface area contributed by atoms with E-state index in [-0.39, 0.29) is 17.5 Å². The van der Waals surface area contributed by atoms with Crippen LogP contribution in [0.5, 0.6) is 0 Å². The van der Waals surface area contributed by atoms with Gasteiger partial charge < -0.3 is 10.2 Å². The van der Waals surface area contributed by atoms with Gasteiger partial charge in [-0.2, -0.15) is 0 Å². The summed E-state index contributed by atoms with van der Waals surface area (Å²) >= 11 is 6.36. The number of nitrogens with one attached hydrogen (secondary N) is 1. The molecule has 1 heterocycles. The van der Waals surface area contributed by atoms with Crippen LogP contribution in [0.15, 0.2) is 24.3 Å². The molecule has 5 heteroatoms. The van der Waals surface area contributed by atoms with Crippen LogP contribution in [0.2, 0.25) is 5.02 Å². The van der Waals surface area contributed by atoms with Crippen molar-refractivity contribution in [2.24, 2.45) is 17.8 Å². The maximum Gasteiger partial charge on any atom is 0.237 e. The Kier molecular flexibility index (Phi) is 4.83. The lowest BCUT2D eigenvalue weighted by Crippen LogP contribution is -2.63. The molecule has 1 unspecified atom stereocenters. The first-order chi connectivity index (χ1) is 13.5. The summed E-state index contributed by atoms with van der Waals surface area (Å²) in [4.78, 5) is 17.8. The van der Waals surface area contributed by atoms with Crippen LogP contribution in [0.3, 0.4) is 0 Å². The quantitative estimate of drug-likeness (QED) is 0.830. The molecule has 1 aromatic rings. The summed E-state index contributed by atoms with van der Waals surface area (Å²) in [5.74, 6) is 2.83. The Balaban J connectivity index is 1.19. The Labute approximate surface area is 173 Å². The number of anilines is 1. The molecule has 5 fully saturated rings. The van der Waals surface area contributed by atoms with Gasteiger partial charge in [-0.3, -0.25) is 9.69 Å². The number of carbonyl (C=O) groups is 1. The van der Waals surface area contributed by atoms with Crippen molar-refractivity contribution in [3.63, 3.8) is 0 Å². The van der Waals surface area contributed by atoms with Gasteiger partial charge >= 0.3 is 0 Å². The van der Waals surface area contributed by atoms with E-state index in [9.17, 15) is 4.79 Å².